The van der Waals surface area contributed by atoms with E-state index in [0.717, 1.165) is 15.2 Å². The molecule has 10 aliphatic heterocycles. The first kappa shape index (κ1) is 8.80. The second-order valence-corrected chi connectivity index (χ2v) is 35.6. The van der Waals surface area contributed by atoms with Crippen molar-refractivity contribution in [1.29, 1.82) is 0 Å². The number of carbonyl (C=O) groups excluding carboxylic acids is 2. The summed E-state index contributed by atoms with van der Waals surface area (Å²) in [6.45, 7) is -3.33. The Labute approximate surface area is 117 Å². The van der Waals surface area contributed by atoms with E-state index in [9.17, 15) is 9.59 Å². The van der Waals surface area contributed by atoms with Gasteiger partial charge in [-0.15, -0.1) is 0 Å². The summed E-state index contributed by atoms with van der Waals surface area (Å²) >= 11 is 0. The van der Waals surface area contributed by atoms with Crippen LogP contribution in [0.2, 0.25) is 47.7 Å². The Balaban J connectivity index is 1.17. The molecule has 22 heavy (non-hydrogen) atoms. The zero-order valence-electron chi connectivity index (χ0n) is 12.0. The molecule has 10 saturated heterocycles. The van der Waals surface area contributed by atoms with Gasteiger partial charge in [-0.1, -0.05) is 0 Å². The molecule has 0 amide bonds. The van der Waals surface area contributed by atoms with E-state index in [1.165, 1.54) is 33.7 Å². The van der Waals surface area contributed by atoms with E-state index in [0.29, 0.717) is 5.78 Å². The molecule has 4 unspecified atom stereocenters. The quantitative estimate of drug-likeness (QED) is 0.459. The van der Waals surface area contributed by atoms with E-state index in [-0.39, 0.29) is 16.5 Å². The van der Waals surface area contributed by atoms with Crippen LogP contribution in [0.15, 0.2) is 30.3 Å². The van der Waals surface area contributed by atoms with Crippen molar-refractivity contribution < 1.29 is 16.1 Å². The second-order valence-electron chi connectivity index (χ2n) is 12.1. The summed E-state index contributed by atoms with van der Waals surface area (Å²) in [5.41, 5.74) is 0.738. The summed E-state index contributed by atoms with van der Waals surface area (Å²) in [4.78, 5) is 36.1. The maximum atomic E-state index is 13.4. The molecule has 0 bridgehead atoms. The zero-order valence-corrected chi connectivity index (χ0v) is 13.1. The van der Waals surface area contributed by atoms with E-state index in [1.54, 1.807) is 0 Å². The SMILES string of the molecule is O=C(CC(=O)[C]12[CH]3[CH]4[CH]5[CH]1[Fe]45321678[CH]2[CH]1[CH]6[CH]7[CH]28)c1ccccc1. The van der Waals surface area contributed by atoms with Gasteiger partial charge in [-0.25, -0.2) is 0 Å². The van der Waals surface area contributed by atoms with Crippen molar-refractivity contribution in [2.24, 2.45) is 0 Å². The third kappa shape index (κ3) is 0.114. The van der Waals surface area contributed by atoms with Gasteiger partial charge >= 0.3 is 118 Å². The number of carbonyl (C=O) groups is 2. The van der Waals surface area contributed by atoms with Crippen molar-refractivity contribution in [2.75, 3.05) is 0 Å². The zero-order chi connectivity index (χ0) is 14.0. The van der Waals surface area contributed by atoms with Crippen molar-refractivity contribution >= 4 is 11.6 Å². The van der Waals surface area contributed by atoms with Crippen LogP contribution in [0, 0.1) is 0 Å². The van der Waals surface area contributed by atoms with Crippen molar-refractivity contribution in [3.05, 3.63) is 35.9 Å². The minimum absolute atomic E-state index is 0.0848. The maximum absolute atomic E-state index is 13.4. The number of benzene rings is 1. The monoisotopic (exact) mass is 332 g/mol. The van der Waals surface area contributed by atoms with Crippen LogP contribution in [0.5, 0.6) is 0 Å². The van der Waals surface area contributed by atoms with Gasteiger partial charge in [0.05, 0.1) is 0 Å². The molecule has 0 radical (unpaired) electrons. The van der Waals surface area contributed by atoms with Crippen LogP contribution in [-0.4, -0.2) is 11.6 Å². The summed E-state index contributed by atoms with van der Waals surface area (Å²) in [6, 6.07) is 9.48. The van der Waals surface area contributed by atoms with Gasteiger partial charge < -0.3 is 0 Å². The number of rotatable bonds is 4. The van der Waals surface area contributed by atoms with Crippen LogP contribution < -0.4 is 0 Å². The van der Waals surface area contributed by atoms with E-state index in [4.69, 9.17) is 0 Å². The third-order valence-electron chi connectivity index (χ3n) is 16.5. The first-order valence-electron chi connectivity index (χ1n) is 8.78. The summed E-state index contributed by atoms with van der Waals surface area (Å²) < 4.78 is 0.253. The summed E-state index contributed by atoms with van der Waals surface area (Å²) in [6.07, 6.45) is 0.230. The van der Waals surface area contributed by atoms with E-state index >= 15 is 0 Å². The Morgan fingerprint density at radius 2 is 1.41 bits per heavy atom. The van der Waals surface area contributed by atoms with Gasteiger partial charge in [0.15, 0.2) is 0 Å². The molecular weight excluding hydrogens is 316 g/mol. The van der Waals surface area contributed by atoms with Crippen LogP contribution in [0.25, 0.3) is 0 Å². The molecule has 2 nitrogen and oxygen atoms in total. The standard InChI is InChI=1S/C14H11O2.C5H5.Fe/c15-13(11-6-2-1-3-7-11)10-14(16)12-8-4-5-9-12;1-2-4-5-3-1;/h1-9H,10H2;1-5H;. The number of ketones is 2. The van der Waals surface area contributed by atoms with E-state index in [1.807, 2.05) is 30.3 Å². The van der Waals surface area contributed by atoms with Crippen LogP contribution >= 0.6 is 0 Å². The summed E-state index contributed by atoms with van der Waals surface area (Å²) in [7, 11) is 0. The molecule has 10 fully saturated rings. The Kier molecular flexibility index (Phi) is 0.345. The fourth-order valence-electron chi connectivity index (χ4n) is 18.0. The molecule has 112 valence electrons. The van der Waals surface area contributed by atoms with Gasteiger partial charge in [0, 0.05) is 0 Å². The Bertz CT molecular complexity index is 1230. The normalized spacial score (nSPS) is 94.3. The van der Waals surface area contributed by atoms with Crippen molar-refractivity contribution in [2.45, 2.75) is 54.1 Å². The predicted molar refractivity (Wildman–Crippen MR) is 76.8 cm³/mol. The van der Waals surface area contributed by atoms with Crippen LogP contribution in [-0.2, 0) is 11.3 Å². The third-order valence-corrected chi connectivity index (χ3v) is 58.9. The number of Topliss-reactive ketones (excluding diaryl/α,β-unsaturated/α-hetero) is 2. The molecule has 0 saturated carbocycles. The first-order chi connectivity index (χ1) is 10.5. The molecule has 1 aromatic rings. The first-order valence-corrected chi connectivity index (χ1v) is 15.1. The van der Waals surface area contributed by atoms with Gasteiger partial charge in [-0.2, -0.15) is 0 Å². The van der Waals surface area contributed by atoms with Gasteiger partial charge in [0.25, 0.3) is 0 Å². The molecule has 3 heteroatoms. The van der Waals surface area contributed by atoms with Gasteiger partial charge in [0.1, 0.15) is 0 Å². The number of hydrogen-bond acceptors (Lipinski definition) is 2. The molecule has 4 atom stereocenters. The molecule has 1 aromatic carbocycles. The second kappa shape index (κ2) is 0.862. The average Bonchev–Trinajstić information content (AvgIpc) is 3.48. The molecule has 0 aromatic heterocycles. The molecule has 0 N–H and O–H groups in total. The van der Waals surface area contributed by atoms with Crippen LogP contribution in [0.3, 0.4) is 0 Å². The molecule has 11 rings (SSSR count). The average molecular weight is 332 g/mol. The molecule has 10 heterocycles. The van der Waals surface area contributed by atoms with Crippen molar-refractivity contribution in [1.82, 2.24) is 0 Å². The molecule has 10 aliphatic rings. The molecular formula is C19H16FeO2. The van der Waals surface area contributed by atoms with Crippen molar-refractivity contribution in [3.63, 3.8) is 0 Å². The minimum atomic E-state index is -3.33. The van der Waals surface area contributed by atoms with Gasteiger partial charge in [-0.3, -0.25) is 0 Å². The summed E-state index contributed by atoms with van der Waals surface area (Å²) in [5.74, 6) is 0.550. The fourth-order valence-corrected chi connectivity index (χ4v) is 92.1. The van der Waals surface area contributed by atoms with Gasteiger partial charge in [-0.05, 0) is 0 Å². The molecule has 0 aliphatic carbocycles. The van der Waals surface area contributed by atoms with Crippen LogP contribution in [0.1, 0.15) is 16.8 Å². The number of fused-ring (bicyclic) bond motifs is 10. The number of hydrogen-bond donors (Lipinski definition) is 0. The van der Waals surface area contributed by atoms with Crippen LogP contribution in [0.4, 0.5) is 0 Å². The van der Waals surface area contributed by atoms with E-state index < -0.39 is 6.51 Å². The van der Waals surface area contributed by atoms with Gasteiger partial charge in [0.2, 0.25) is 0 Å². The predicted octanol–water partition coefficient (Wildman–Crippen LogP) is 4.59. The summed E-state index contributed by atoms with van der Waals surface area (Å²) in [5, 5.41) is 0. The Morgan fingerprint density at radius 3 is 1.82 bits per heavy atom. The molecule has 1 spiro atoms. The Morgan fingerprint density at radius 1 is 0.864 bits per heavy atom. The van der Waals surface area contributed by atoms with E-state index in [2.05, 4.69) is 0 Å². The Hall–Kier alpha value is -0.921. The topological polar surface area (TPSA) is 34.1 Å². The fraction of sp³-hybridized carbons (Fsp3) is 0.579. The van der Waals surface area contributed by atoms with Crippen molar-refractivity contribution in [3.8, 4) is 0 Å².